The lowest BCUT2D eigenvalue weighted by molar-refractivity contribution is 0.379. The highest BCUT2D eigenvalue weighted by molar-refractivity contribution is 6.18. The molecule has 0 fully saturated rings. The minimum atomic E-state index is 0.448. The van der Waals surface area contributed by atoms with Crippen LogP contribution in [0.3, 0.4) is 0 Å². The standard InChI is InChI=1S/C18H15ClO2/c1-20-17-8-4-5-9-18(17)21-15-10-13-6-2-3-7-16(13)14(11-15)12-19/h2-11H,12H2,1H3. The van der Waals surface area contributed by atoms with Gasteiger partial charge in [-0.25, -0.2) is 0 Å². The molecular formula is C18H15ClO2. The monoisotopic (exact) mass is 298 g/mol. The lowest BCUT2D eigenvalue weighted by Gasteiger charge is -2.12. The summed E-state index contributed by atoms with van der Waals surface area (Å²) in [4.78, 5) is 0. The van der Waals surface area contributed by atoms with Crippen molar-refractivity contribution in [2.45, 2.75) is 5.88 Å². The second-order valence-corrected chi connectivity index (χ2v) is 4.96. The Bertz CT molecular complexity index is 768. The van der Waals surface area contributed by atoms with Crippen molar-refractivity contribution in [1.82, 2.24) is 0 Å². The summed E-state index contributed by atoms with van der Waals surface area (Å²) in [5.41, 5.74) is 1.06. The van der Waals surface area contributed by atoms with E-state index in [0.717, 1.165) is 22.1 Å². The number of hydrogen-bond donors (Lipinski definition) is 0. The fourth-order valence-corrected chi connectivity index (χ4v) is 2.58. The van der Waals surface area contributed by atoms with E-state index in [0.29, 0.717) is 17.4 Å². The Morgan fingerprint density at radius 2 is 1.62 bits per heavy atom. The van der Waals surface area contributed by atoms with Crippen molar-refractivity contribution in [2.24, 2.45) is 0 Å². The number of halogens is 1. The van der Waals surface area contributed by atoms with Crippen molar-refractivity contribution >= 4 is 22.4 Å². The van der Waals surface area contributed by atoms with Crippen LogP contribution in [-0.2, 0) is 5.88 Å². The predicted octanol–water partition coefficient (Wildman–Crippen LogP) is 5.38. The maximum absolute atomic E-state index is 6.06. The molecule has 0 N–H and O–H groups in total. The van der Waals surface area contributed by atoms with E-state index in [-0.39, 0.29) is 0 Å². The third kappa shape index (κ3) is 2.81. The Morgan fingerprint density at radius 1 is 0.905 bits per heavy atom. The van der Waals surface area contributed by atoms with Crippen molar-refractivity contribution in [1.29, 1.82) is 0 Å². The maximum atomic E-state index is 6.06. The molecule has 3 heteroatoms. The van der Waals surface area contributed by atoms with Gasteiger partial charge in [0.05, 0.1) is 7.11 Å². The van der Waals surface area contributed by atoms with Crippen molar-refractivity contribution in [2.75, 3.05) is 7.11 Å². The molecule has 0 amide bonds. The van der Waals surface area contributed by atoms with Gasteiger partial charge in [0.1, 0.15) is 5.75 Å². The summed E-state index contributed by atoms with van der Waals surface area (Å²) in [7, 11) is 1.63. The Labute approximate surface area is 128 Å². The molecular weight excluding hydrogens is 284 g/mol. The molecule has 0 unspecified atom stereocenters. The molecule has 106 valence electrons. The highest BCUT2D eigenvalue weighted by Crippen LogP contribution is 2.34. The second-order valence-electron chi connectivity index (χ2n) is 4.69. The van der Waals surface area contributed by atoms with Crippen LogP contribution in [0.5, 0.6) is 17.2 Å². The van der Waals surface area contributed by atoms with E-state index in [2.05, 4.69) is 12.1 Å². The first-order valence-corrected chi connectivity index (χ1v) is 7.24. The van der Waals surface area contributed by atoms with E-state index in [1.165, 1.54) is 0 Å². The molecule has 3 aromatic carbocycles. The van der Waals surface area contributed by atoms with Gasteiger partial charge in [0.25, 0.3) is 0 Å². The van der Waals surface area contributed by atoms with Gasteiger partial charge in [0.2, 0.25) is 0 Å². The zero-order chi connectivity index (χ0) is 14.7. The largest absolute Gasteiger partial charge is 0.493 e. The summed E-state index contributed by atoms with van der Waals surface area (Å²) in [6.45, 7) is 0. The van der Waals surface area contributed by atoms with Gasteiger partial charge in [-0.15, -0.1) is 11.6 Å². The molecule has 0 radical (unpaired) electrons. The molecule has 0 spiro atoms. The number of alkyl halides is 1. The zero-order valence-corrected chi connectivity index (χ0v) is 12.4. The molecule has 3 aromatic rings. The van der Waals surface area contributed by atoms with Crippen LogP contribution in [0.4, 0.5) is 0 Å². The predicted molar refractivity (Wildman–Crippen MR) is 86.6 cm³/mol. The molecule has 0 aromatic heterocycles. The van der Waals surface area contributed by atoms with Gasteiger partial charge in [-0.05, 0) is 40.6 Å². The van der Waals surface area contributed by atoms with Gasteiger partial charge in [-0.3, -0.25) is 0 Å². The molecule has 0 aliphatic heterocycles. The Balaban J connectivity index is 2.05. The van der Waals surface area contributed by atoms with Crippen molar-refractivity contribution in [3.8, 4) is 17.2 Å². The fraction of sp³-hybridized carbons (Fsp3) is 0.111. The Kier molecular flexibility index (Phi) is 3.98. The molecule has 0 saturated heterocycles. The van der Waals surface area contributed by atoms with Crippen molar-refractivity contribution in [3.63, 3.8) is 0 Å². The van der Waals surface area contributed by atoms with E-state index in [1.54, 1.807) is 7.11 Å². The summed E-state index contributed by atoms with van der Waals surface area (Å²) in [5, 5.41) is 2.26. The zero-order valence-electron chi connectivity index (χ0n) is 11.7. The van der Waals surface area contributed by atoms with E-state index in [9.17, 15) is 0 Å². The SMILES string of the molecule is COc1ccccc1Oc1cc(CCl)c2ccccc2c1. The first-order chi connectivity index (χ1) is 10.3. The molecule has 0 aliphatic carbocycles. The maximum Gasteiger partial charge on any atom is 0.169 e. The van der Waals surface area contributed by atoms with Gasteiger partial charge in [0, 0.05) is 5.88 Å². The smallest absolute Gasteiger partial charge is 0.169 e. The van der Waals surface area contributed by atoms with Gasteiger partial charge >= 0.3 is 0 Å². The highest BCUT2D eigenvalue weighted by Gasteiger charge is 2.08. The number of fused-ring (bicyclic) bond motifs is 1. The molecule has 0 atom stereocenters. The Hall–Kier alpha value is -2.19. The lowest BCUT2D eigenvalue weighted by Crippen LogP contribution is -1.91. The molecule has 2 nitrogen and oxygen atoms in total. The average Bonchev–Trinajstić information content (AvgIpc) is 2.54. The number of para-hydroxylation sites is 2. The van der Waals surface area contributed by atoms with Crippen LogP contribution in [0.25, 0.3) is 10.8 Å². The first kappa shape index (κ1) is 13.8. The number of rotatable bonds is 4. The van der Waals surface area contributed by atoms with E-state index in [4.69, 9.17) is 21.1 Å². The molecule has 3 rings (SSSR count). The van der Waals surface area contributed by atoms with Gasteiger partial charge in [-0.2, -0.15) is 0 Å². The fourth-order valence-electron chi connectivity index (χ4n) is 2.36. The third-order valence-corrected chi connectivity index (χ3v) is 3.65. The molecule has 0 heterocycles. The van der Waals surface area contributed by atoms with Crippen molar-refractivity contribution < 1.29 is 9.47 Å². The minimum absolute atomic E-state index is 0.448. The van der Waals surface area contributed by atoms with E-state index >= 15 is 0 Å². The van der Waals surface area contributed by atoms with Crippen LogP contribution in [-0.4, -0.2) is 7.11 Å². The number of hydrogen-bond acceptors (Lipinski definition) is 2. The summed E-state index contributed by atoms with van der Waals surface area (Å²) in [6, 6.07) is 19.7. The summed E-state index contributed by atoms with van der Waals surface area (Å²) in [6.07, 6.45) is 0. The number of benzene rings is 3. The van der Waals surface area contributed by atoms with Crippen LogP contribution in [0.2, 0.25) is 0 Å². The van der Waals surface area contributed by atoms with E-state index in [1.807, 2.05) is 48.5 Å². The van der Waals surface area contributed by atoms with Crippen LogP contribution in [0.1, 0.15) is 5.56 Å². The molecule has 0 bridgehead atoms. The van der Waals surface area contributed by atoms with Gasteiger partial charge < -0.3 is 9.47 Å². The lowest BCUT2D eigenvalue weighted by atomic mass is 10.1. The van der Waals surface area contributed by atoms with Crippen molar-refractivity contribution in [3.05, 3.63) is 66.2 Å². The van der Waals surface area contributed by atoms with Crippen LogP contribution >= 0.6 is 11.6 Å². The third-order valence-electron chi connectivity index (χ3n) is 3.36. The summed E-state index contributed by atoms with van der Waals surface area (Å²) < 4.78 is 11.3. The summed E-state index contributed by atoms with van der Waals surface area (Å²) >= 11 is 6.06. The first-order valence-electron chi connectivity index (χ1n) is 6.70. The average molecular weight is 299 g/mol. The number of methoxy groups -OCH3 is 1. The molecule has 21 heavy (non-hydrogen) atoms. The van der Waals surface area contributed by atoms with Crippen LogP contribution < -0.4 is 9.47 Å². The minimum Gasteiger partial charge on any atom is -0.493 e. The van der Waals surface area contributed by atoms with Gasteiger partial charge in [0.15, 0.2) is 11.5 Å². The second kappa shape index (κ2) is 6.06. The van der Waals surface area contributed by atoms with Gasteiger partial charge in [-0.1, -0.05) is 36.4 Å². The topological polar surface area (TPSA) is 18.5 Å². The number of ether oxygens (including phenoxy) is 2. The summed E-state index contributed by atoms with van der Waals surface area (Å²) in [5.74, 6) is 2.60. The quantitative estimate of drug-likeness (QED) is 0.602. The molecule has 0 aliphatic rings. The normalized spacial score (nSPS) is 10.6. The van der Waals surface area contributed by atoms with Crippen LogP contribution in [0.15, 0.2) is 60.7 Å². The Morgan fingerprint density at radius 3 is 2.38 bits per heavy atom. The highest BCUT2D eigenvalue weighted by atomic mass is 35.5. The molecule has 0 saturated carbocycles. The van der Waals surface area contributed by atoms with E-state index < -0.39 is 0 Å². The van der Waals surface area contributed by atoms with Crippen LogP contribution in [0, 0.1) is 0 Å².